The summed E-state index contributed by atoms with van der Waals surface area (Å²) >= 11 is 0. The molecule has 2 aliphatic rings. The van der Waals surface area contributed by atoms with E-state index in [0.29, 0.717) is 48.5 Å². The highest BCUT2D eigenvalue weighted by molar-refractivity contribution is 7.51. The van der Waals surface area contributed by atoms with Crippen LogP contribution in [0, 0.1) is 5.92 Å². The van der Waals surface area contributed by atoms with Crippen LogP contribution < -0.4 is 10.3 Å². The number of carboxylic acid groups (broad SMARTS) is 1. The first-order valence-electron chi connectivity index (χ1n) is 11.0. The van der Waals surface area contributed by atoms with Crippen LogP contribution in [0.5, 0.6) is 5.75 Å². The maximum Gasteiger partial charge on any atom is 0.462 e. The van der Waals surface area contributed by atoms with Crippen LogP contribution in [0.2, 0.25) is 0 Å². The number of nitrogen functional groups attached to an aromatic ring is 1. The van der Waals surface area contributed by atoms with Crippen LogP contribution in [0.4, 0.5) is 5.82 Å². The molecular weight excluding hydrogens is 459 g/mol. The number of aromatic nitrogens is 4. The van der Waals surface area contributed by atoms with Crippen molar-refractivity contribution in [3.05, 3.63) is 55.1 Å². The Bertz CT molecular complexity index is 1270. The summed E-state index contributed by atoms with van der Waals surface area (Å²) in [6, 6.07) is 7.74. The van der Waals surface area contributed by atoms with E-state index in [0.717, 1.165) is 0 Å². The number of hydrogen-bond donors (Lipinski definition) is 2. The third kappa shape index (κ3) is 4.29. The zero-order chi connectivity index (χ0) is 23.7. The van der Waals surface area contributed by atoms with E-state index in [1.54, 1.807) is 30.6 Å². The fraction of sp³-hybridized carbons (Fsp3) is 0.364. The third-order valence-corrected chi connectivity index (χ3v) is 8.16. The second-order valence-electron chi connectivity index (χ2n) is 8.36. The third-order valence-electron chi connectivity index (χ3n) is 6.13. The van der Waals surface area contributed by atoms with Gasteiger partial charge in [0, 0.05) is 12.5 Å². The van der Waals surface area contributed by atoms with E-state index in [1.165, 1.54) is 11.0 Å². The fourth-order valence-electron chi connectivity index (χ4n) is 4.45. The van der Waals surface area contributed by atoms with Crippen LogP contribution in [0.25, 0.3) is 11.2 Å². The van der Waals surface area contributed by atoms with Crippen molar-refractivity contribution in [3.8, 4) is 5.75 Å². The van der Waals surface area contributed by atoms with E-state index >= 15 is 0 Å². The summed E-state index contributed by atoms with van der Waals surface area (Å²) < 4.78 is 29.0. The zero-order valence-electron chi connectivity index (χ0n) is 18.3. The summed E-state index contributed by atoms with van der Waals surface area (Å²) in [5.41, 5.74) is 7.08. The summed E-state index contributed by atoms with van der Waals surface area (Å²) in [7, 11) is -3.91. The molecule has 5 rings (SSSR count). The van der Waals surface area contributed by atoms with Gasteiger partial charge < -0.3 is 19.9 Å². The molecule has 1 aromatic carbocycles. The highest BCUT2D eigenvalue weighted by Gasteiger charge is 2.46. The molecule has 1 aliphatic heterocycles. The molecule has 12 heteroatoms. The summed E-state index contributed by atoms with van der Waals surface area (Å²) in [4.78, 5) is 24.4. The molecule has 11 nitrogen and oxygen atoms in total. The van der Waals surface area contributed by atoms with Crippen molar-refractivity contribution in [2.75, 3.05) is 18.9 Å². The first kappa shape index (κ1) is 22.5. The Labute approximate surface area is 195 Å². The quantitative estimate of drug-likeness (QED) is 0.361. The van der Waals surface area contributed by atoms with Crippen LogP contribution in [0.15, 0.2) is 55.1 Å². The number of hydrogen-bond acceptors (Lipinski definition) is 8. The molecule has 2 aromatic heterocycles. The van der Waals surface area contributed by atoms with Gasteiger partial charge in [0.1, 0.15) is 23.6 Å². The standard InChI is InChI=1S/C22H25N6O5P/c23-20-19-21(25-13-24-20)27(14-26-19)16-9-8-15(11-16)12-32-34(31,33-17-5-2-1-3-6-17)28-10-4-7-18(28)22(29)30/h1-3,5-6,8-9,13-16,18H,4,7,10-12H2,(H,29,30)(H2,23,24,25)/t15-,16+,18-,34?/m0/s1. The predicted molar refractivity (Wildman–Crippen MR) is 124 cm³/mol. The Balaban J connectivity index is 1.31. The molecule has 0 bridgehead atoms. The maximum absolute atomic E-state index is 13.9. The highest BCUT2D eigenvalue weighted by atomic mass is 31.2. The number of benzene rings is 1. The smallest absolute Gasteiger partial charge is 0.462 e. The molecule has 3 heterocycles. The molecule has 178 valence electrons. The Kier molecular flexibility index (Phi) is 6.07. The van der Waals surface area contributed by atoms with Gasteiger partial charge in [0.15, 0.2) is 11.5 Å². The van der Waals surface area contributed by atoms with Gasteiger partial charge >= 0.3 is 13.7 Å². The van der Waals surface area contributed by atoms with Gasteiger partial charge in [-0.25, -0.2) is 19.5 Å². The van der Waals surface area contributed by atoms with E-state index in [1.807, 2.05) is 22.8 Å². The minimum absolute atomic E-state index is 0.0270. The summed E-state index contributed by atoms with van der Waals surface area (Å²) in [5.74, 6) is -0.403. The Morgan fingerprint density at radius 2 is 2.03 bits per heavy atom. The van der Waals surface area contributed by atoms with Crippen LogP contribution in [0.3, 0.4) is 0 Å². The molecule has 3 aromatic rings. The number of allylic oxidation sites excluding steroid dienone is 1. The minimum atomic E-state index is -3.91. The van der Waals surface area contributed by atoms with E-state index in [-0.39, 0.29) is 18.6 Å². The minimum Gasteiger partial charge on any atom is -0.480 e. The molecule has 0 radical (unpaired) electrons. The number of para-hydroxylation sites is 1. The number of carboxylic acids is 1. The lowest BCUT2D eigenvalue weighted by atomic mass is 10.1. The molecule has 1 fully saturated rings. The number of nitrogens with two attached hydrogens (primary N) is 1. The van der Waals surface area contributed by atoms with Crippen molar-refractivity contribution in [3.63, 3.8) is 0 Å². The van der Waals surface area contributed by atoms with Crippen LogP contribution in [0.1, 0.15) is 25.3 Å². The lowest BCUT2D eigenvalue weighted by Crippen LogP contribution is -2.35. The Morgan fingerprint density at radius 1 is 1.21 bits per heavy atom. The normalized spacial score (nSPS) is 24.4. The summed E-state index contributed by atoms with van der Waals surface area (Å²) in [5, 5.41) is 9.63. The molecule has 0 amide bonds. The van der Waals surface area contributed by atoms with Crippen molar-refractivity contribution >= 4 is 30.7 Å². The average molecular weight is 484 g/mol. The van der Waals surface area contributed by atoms with E-state index in [4.69, 9.17) is 14.8 Å². The first-order chi connectivity index (χ1) is 16.4. The van der Waals surface area contributed by atoms with Crippen molar-refractivity contribution in [2.45, 2.75) is 31.3 Å². The van der Waals surface area contributed by atoms with Gasteiger partial charge in [-0.2, -0.15) is 4.67 Å². The van der Waals surface area contributed by atoms with Gasteiger partial charge in [0.2, 0.25) is 0 Å². The molecule has 0 spiro atoms. The average Bonchev–Trinajstić information content (AvgIpc) is 3.58. The summed E-state index contributed by atoms with van der Waals surface area (Å²) in [6.07, 6.45) is 8.76. The lowest BCUT2D eigenvalue weighted by Gasteiger charge is -2.30. The van der Waals surface area contributed by atoms with Gasteiger partial charge in [0.05, 0.1) is 19.0 Å². The van der Waals surface area contributed by atoms with Crippen molar-refractivity contribution in [1.82, 2.24) is 24.2 Å². The molecule has 34 heavy (non-hydrogen) atoms. The van der Waals surface area contributed by atoms with Crippen molar-refractivity contribution < 1.29 is 23.5 Å². The largest absolute Gasteiger partial charge is 0.480 e. The predicted octanol–water partition coefficient (Wildman–Crippen LogP) is 3.28. The summed E-state index contributed by atoms with van der Waals surface area (Å²) in [6.45, 7) is 0.441. The zero-order valence-corrected chi connectivity index (χ0v) is 19.2. The van der Waals surface area contributed by atoms with Gasteiger partial charge in [0.25, 0.3) is 0 Å². The van der Waals surface area contributed by atoms with E-state index < -0.39 is 19.8 Å². The fourth-order valence-corrected chi connectivity index (χ4v) is 6.46. The Hall–Kier alpha value is -3.27. The molecule has 1 aliphatic carbocycles. The number of fused-ring (bicyclic) bond motifs is 1. The number of anilines is 1. The van der Waals surface area contributed by atoms with Crippen molar-refractivity contribution in [1.29, 1.82) is 0 Å². The molecular formula is C22H25N6O5P. The topological polar surface area (TPSA) is 146 Å². The Morgan fingerprint density at radius 3 is 2.82 bits per heavy atom. The molecule has 1 saturated heterocycles. The molecule has 1 unspecified atom stereocenters. The maximum atomic E-state index is 13.9. The molecule has 0 saturated carbocycles. The SMILES string of the molecule is Nc1ncnc2c1ncn2[C@@H]1C=C[C@H](COP(=O)(Oc2ccccc2)N2CCC[C@H]2C(=O)O)C1. The van der Waals surface area contributed by atoms with Gasteiger partial charge in [-0.15, -0.1) is 0 Å². The lowest BCUT2D eigenvalue weighted by molar-refractivity contribution is -0.141. The van der Waals surface area contributed by atoms with Gasteiger partial charge in [-0.05, 0) is 31.4 Å². The molecule has 3 N–H and O–H groups in total. The van der Waals surface area contributed by atoms with Crippen LogP contribution in [-0.4, -0.2) is 54.5 Å². The second kappa shape index (κ2) is 9.17. The number of nitrogens with zero attached hydrogens (tertiary/aromatic N) is 5. The first-order valence-corrected chi connectivity index (χ1v) is 12.5. The monoisotopic (exact) mass is 484 g/mol. The van der Waals surface area contributed by atoms with E-state index in [2.05, 4.69) is 15.0 Å². The molecule has 4 atom stereocenters. The van der Waals surface area contributed by atoms with Crippen LogP contribution >= 0.6 is 7.75 Å². The number of rotatable bonds is 8. The van der Waals surface area contributed by atoms with Gasteiger partial charge in [-0.1, -0.05) is 30.4 Å². The number of aliphatic carboxylic acids is 1. The van der Waals surface area contributed by atoms with Gasteiger partial charge in [-0.3, -0.25) is 9.32 Å². The number of imidazole rings is 1. The number of carbonyl (C=O) groups is 1. The van der Waals surface area contributed by atoms with Crippen molar-refractivity contribution in [2.24, 2.45) is 5.92 Å². The van der Waals surface area contributed by atoms with E-state index in [9.17, 15) is 14.5 Å². The highest BCUT2D eigenvalue weighted by Crippen LogP contribution is 2.55. The van der Waals surface area contributed by atoms with Crippen LogP contribution in [-0.2, 0) is 13.9 Å². The second-order valence-corrected chi connectivity index (χ2v) is 10.3.